The lowest BCUT2D eigenvalue weighted by Crippen LogP contribution is -1.91. The Morgan fingerprint density at radius 3 is 2.55 bits per heavy atom. The molecule has 0 spiro atoms. The van der Waals surface area contributed by atoms with Gasteiger partial charge in [0.1, 0.15) is 5.76 Å². The Balaban J connectivity index is 3.60. The number of alkyl halides is 1. The monoisotopic (exact) mass is 216 g/mol. The second-order valence-corrected chi connectivity index (χ2v) is 2.98. The minimum atomic E-state index is 0.652. The van der Waals surface area contributed by atoms with E-state index in [2.05, 4.69) is 29.1 Å². The van der Waals surface area contributed by atoms with Crippen molar-refractivity contribution in [2.24, 2.45) is 0 Å². The van der Waals surface area contributed by atoms with Crippen molar-refractivity contribution < 1.29 is 4.74 Å². The molecule has 0 radical (unpaired) electrons. The van der Waals surface area contributed by atoms with E-state index in [1.165, 1.54) is 0 Å². The first-order valence-corrected chi connectivity index (χ1v) is 4.50. The minimum Gasteiger partial charge on any atom is -0.493 e. The largest absolute Gasteiger partial charge is 0.493 e. The van der Waals surface area contributed by atoms with Gasteiger partial charge in [0.2, 0.25) is 0 Å². The van der Waals surface area contributed by atoms with E-state index < -0.39 is 0 Å². The molecule has 0 saturated carbocycles. The van der Waals surface area contributed by atoms with E-state index in [0.29, 0.717) is 12.4 Å². The highest BCUT2D eigenvalue weighted by Crippen LogP contribution is 1.99. The van der Waals surface area contributed by atoms with Crippen LogP contribution in [0.1, 0.15) is 6.92 Å². The van der Waals surface area contributed by atoms with E-state index in [1.807, 2.05) is 19.1 Å². The van der Waals surface area contributed by atoms with Gasteiger partial charge in [-0.3, -0.25) is 0 Å². The second-order valence-electron chi connectivity index (χ2n) is 2.18. The molecule has 62 valence electrons. The third-order valence-corrected chi connectivity index (χ3v) is 1.24. The topological polar surface area (TPSA) is 9.23 Å². The molecule has 0 aliphatic rings. The van der Waals surface area contributed by atoms with Crippen molar-refractivity contribution in [3.05, 3.63) is 36.6 Å². The van der Waals surface area contributed by atoms with Gasteiger partial charge in [-0.15, -0.1) is 0 Å². The Morgan fingerprint density at radius 2 is 2.09 bits per heavy atom. The van der Waals surface area contributed by atoms with E-state index in [1.54, 1.807) is 0 Å². The molecule has 0 unspecified atom stereocenters. The van der Waals surface area contributed by atoms with Crippen molar-refractivity contribution in [2.45, 2.75) is 6.92 Å². The molecule has 0 saturated heterocycles. The van der Waals surface area contributed by atoms with Crippen molar-refractivity contribution in [2.75, 3.05) is 11.9 Å². The molecule has 0 aromatic heterocycles. The Morgan fingerprint density at radius 1 is 1.45 bits per heavy atom. The van der Waals surface area contributed by atoms with Gasteiger partial charge in [-0.25, -0.2) is 0 Å². The van der Waals surface area contributed by atoms with Gasteiger partial charge in [-0.1, -0.05) is 40.7 Å². The molecule has 0 fully saturated rings. The third-order valence-electron chi connectivity index (χ3n) is 0.918. The lowest BCUT2D eigenvalue weighted by molar-refractivity contribution is 0.248. The normalized spacial score (nSPS) is 10.0. The van der Waals surface area contributed by atoms with Crippen molar-refractivity contribution in [3.8, 4) is 0 Å². The maximum absolute atomic E-state index is 5.17. The third kappa shape index (κ3) is 7.40. The van der Waals surface area contributed by atoms with Crippen LogP contribution in [0.3, 0.4) is 0 Å². The summed E-state index contributed by atoms with van der Waals surface area (Å²) in [7, 11) is 0. The van der Waals surface area contributed by atoms with Crippen LogP contribution in [-0.2, 0) is 4.74 Å². The lowest BCUT2D eigenvalue weighted by atomic mass is 10.3. The fourth-order valence-electron chi connectivity index (χ4n) is 0.453. The number of allylic oxidation sites excluding steroid dienone is 3. The van der Waals surface area contributed by atoms with Gasteiger partial charge in [-0.05, 0) is 13.0 Å². The highest BCUT2D eigenvalue weighted by atomic mass is 79.9. The Hall–Kier alpha value is -0.500. The summed E-state index contributed by atoms with van der Waals surface area (Å²) in [6.45, 7) is 9.98. The van der Waals surface area contributed by atoms with Crippen molar-refractivity contribution in [1.82, 2.24) is 0 Å². The average Bonchev–Trinajstić information content (AvgIpc) is 1.97. The number of hydrogen-bond donors (Lipinski definition) is 0. The van der Waals surface area contributed by atoms with Crippen LogP contribution in [0, 0.1) is 0 Å². The molecule has 2 heteroatoms. The Kier molecular flexibility index (Phi) is 5.94. The summed E-state index contributed by atoms with van der Waals surface area (Å²) in [5, 5.41) is 0.826. The van der Waals surface area contributed by atoms with E-state index in [4.69, 9.17) is 4.74 Å². The predicted octanol–water partition coefficient (Wildman–Crippen LogP) is 3.04. The molecule has 1 nitrogen and oxygen atoms in total. The van der Waals surface area contributed by atoms with Crippen molar-refractivity contribution >= 4 is 15.9 Å². The van der Waals surface area contributed by atoms with Crippen LogP contribution in [0.2, 0.25) is 0 Å². The highest BCUT2D eigenvalue weighted by Gasteiger charge is 1.86. The summed E-state index contributed by atoms with van der Waals surface area (Å²) in [6, 6.07) is 0. The molecule has 0 heterocycles. The van der Waals surface area contributed by atoms with Gasteiger partial charge in [-0.2, -0.15) is 0 Å². The summed E-state index contributed by atoms with van der Waals surface area (Å²) in [5.74, 6) is 0.674. The van der Waals surface area contributed by atoms with Crippen molar-refractivity contribution in [3.63, 3.8) is 0 Å². The predicted molar refractivity (Wildman–Crippen MR) is 52.8 cm³/mol. The molecule has 0 aromatic carbocycles. The molecule has 0 aliphatic carbocycles. The van der Waals surface area contributed by atoms with Gasteiger partial charge >= 0.3 is 0 Å². The van der Waals surface area contributed by atoms with Gasteiger partial charge in [0, 0.05) is 5.33 Å². The van der Waals surface area contributed by atoms with Crippen LogP contribution in [0.4, 0.5) is 0 Å². The summed E-state index contributed by atoms with van der Waals surface area (Å²) < 4.78 is 5.17. The first-order chi connectivity index (χ1) is 5.16. The first-order valence-electron chi connectivity index (χ1n) is 3.38. The number of halogens is 1. The molecule has 0 aliphatic heterocycles. The van der Waals surface area contributed by atoms with Crippen LogP contribution in [0.15, 0.2) is 36.6 Å². The van der Waals surface area contributed by atoms with Crippen LogP contribution in [0.25, 0.3) is 0 Å². The summed E-state index contributed by atoms with van der Waals surface area (Å²) >= 11 is 3.25. The highest BCUT2D eigenvalue weighted by molar-refractivity contribution is 9.09. The van der Waals surface area contributed by atoms with E-state index in [0.717, 1.165) is 10.9 Å². The number of rotatable bonds is 5. The van der Waals surface area contributed by atoms with Gasteiger partial charge in [0.25, 0.3) is 0 Å². The molecule has 0 atom stereocenters. The van der Waals surface area contributed by atoms with Crippen LogP contribution in [0.5, 0.6) is 0 Å². The maximum atomic E-state index is 5.17. The number of hydrogen-bond acceptors (Lipinski definition) is 1. The average molecular weight is 217 g/mol. The number of ether oxygens (including phenoxy) is 1. The molecule has 0 N–H and O–H groups in total. The molecule has 0 amide bonds. The van der Waals surface area contributed by atoms with Crippen LogP contribution in [-0.4, -0.2) is 11.9 Å². The standard InChI is InChI=1S/C9H13BrO/c1-8(2)4-5-9(3)11-7-6-10/h4-5H,1,3,6-7H2,2H3/b5-4-. The van der Waals surface area contributed by atoms with Gasteiger partial charge < -0.3 is 4.74 Å². The SMILES string of the molecule is C=C(C)/C=C\C(=C)OCCBr. The molecule has 0 aromatic rings. The molecule has 0 bridgehead atoms. The first kappa shape index (κ1) is 10.5. The molecular formula is C9H13BrO. The maximum Gasteiger partial charge on any atom is 0.112 e. The van der Waals surface area contributed by atoms with Crippen molar-refractivity contribution in [1.29, 1.82) is 0 Å². The fraction of sp³-hybridized carbons (Fsp3) is 0.333. The quantitative estimate of drug-likeness (QED) is 0.390. The molecule has 0 rings (SSSR count). The van der Waals surface area contributed by atoms with Crippen LogP contribution >= 0.6 is 15.9 Å². The zero-order valence-corrected chi connectivity index (χ0v) is 8.36. The minimum absolute atomic E-state index is 0.652. The second kappa shape index (κ2) is 6.23. The van der Waals surface area contributed by atoms with Crippen LogP contribution < -0.4 is 0 Å². The summed E-state index contributed by atoms with van der Waals surface area (Å²) in [5.41, 5.74) is 0.994. The molecule has 11 heavy (non-hydrogen) atoms. The fourth-order valence-corrected chi connectivity index (χ4v) is 0.615. The van der Waals surface area contributed by atoms with E-state index >= 15 is 0 Å². The van der Waals surface area contributed by atoms with E-state index in [9.17, 15) is 0 Å². The van der Waals surface area contributed by atoms with Gasteiger partial charge in [0.15, 0.2) is 0 Å². The zero-order valence-electron chi connectivity index (χ0n) is 6.77. The Bertz CT molecular complexity index is 170. The zero-order chi connectivity index (χ0) is 8.69. The van der Waals surface area contributed by atoms with E-state index in [-0.39, 0.29) is 0 Å². The Labute approximate surface area is 76.6 Å². The summed E-state index contributed by atoms with van der Waals surface area (Å²) in [6.07, 6.45) is 3.68. The summed E-state index contributed by atoms with van der Waals surface area (Å²) in [4.78, 5) is 0. The molecular weight excluding hydrogens is 204 g/mol. The smallest absolute Gasteiger partial charge is 0.112 e. The van der Waals surface area contributed by atoms with Gasteiger partial charge in [0.05, 0.1) is 6.61 Å². The lowest BCUT2D eigenvalue weighted by Gasteiger charge is -2.01.